The average Bonchev–Trinajstić information content (AvgIpc) is 3.06. The topological polar surface area (TPSA) is 73.9 Å². The van der Waals surface area contributed by atoms with E-state index in [1.807, 2.05) is 24.3 Å². The molecule has 0 saturated carbocycles. The number of carbonyl (C=O) groups is 2. The zero-order valence-electron chi connectivity index (χ0n) is 16.1. The normalized spacial score (nSPS) is 20.6. The molecular weight excluding hydrogens is 344 g/mol. The fraction of sp³-hybridized carbons (Fsp3) is 0.600. The summed E-state index contributed by atoms with van der Waals surface area (Å²) in [5.41, 5.74) is 0.797. The van der Waals surface area contributed by atoms with Gasteiger partial charge in [-0.15, -0.1) is 0 Å². The molecule has 2 heterocycles. The summed E-state index contributed by atoms with van der Waals surface area (Å²) in [7, 11) is 1.60. The number of hydrogen-bond donors (Lipinski definition) is 2. The Balaban J connectivity index is 1.39. The number of benzene rings is 1. The molecule has 0 aromatic heterocycles. The van der Waals surface area contributed by atoms with Gasteiger partial charge in [-0.25, -0.2) is 4.79 Å². The van der Waals surface area contributed by atoms with Gasteiger partial charge in [0.25, 0.3) is 0 Å². The second kappa shape index (κ2) is 9.60. The van der Waals surface area contributed by atoms with E-state index >= 15 is 0 Å². The summed E-state index contributed by atoms with van der Waals surface area (Å²) in [6, 6.07) is 7.04. The van der Waals surface area contributed by atoms with Crippen LogP contribution in [0.15, 0.2) is 24.3 Å². The van der Waals surface area contributed by atoms with Gasteiger partial charge < -0.3 is 25.2 Å². The Hall–Kier alpha value is -2.28. The van der Waals surface area contributed by atoms with Crippen molar-refractivity contribution >= 4 is 17.6 Å². The maximum Gasteiger partial charge on any atom is 0.315 e. The van der Waals surface area contributed by atoms with Gasteiger partial charge in [-0.05, 0) is 51.0 Å². The van der Waals surface area contributed by atoms with E-state index in [4.69, 9.17) is 4.74 Å². The lowest BCUT2D eigenvalue weighted by atomic mass is 10.1. The molecule has 3 amide bonds. The van der Waals surface area contributed by atoms with E-state index in [-0.39, 0.29) is 18.0 Å². The molecule has 1 aromatic carbocycles. The summed E-state index contributed by atoms with van der Waals surface area (Å²) >= 11 is 0. The quantitative estimate of drug-likeness (QED) is 0.716. The molecule has 148 valence electrons. The molecular formula is C20H30N4O3. The van der Waals surface area contributed by atoms with E-state index in [1.54, 1.807) is 12.0 Å². The Labute approximate surface area is 161 Å². The van der Waals surface area contributed by atoms with Gasteiger partial charge >= 0.3 is 6.03 Å². The molecule has 3 rings (SSSR count). The monoisotopic (exact) mass is 374 g/mol. The molecule has 0 aliphatic carbocycles. The van der Waals surface area contributed by atoms with E-state index < -0.39 is 0 Å². The highest BCUT2D eigenvalue weighted by molar-refractivity contribution is 5.97. The number of ether oxygens (including phenoxy) is 1. The predicted octanol–water partition coefficient (Wildman–Crippen LogP) is 1.98. The van der Waals surface area contributed by atoms with Gasteiger partial charge in [0.2, 0.25) is 5.91 Å². The summed E-state index contributed by atoms with van der Waals surface area (Å²) in [6.45, 7) is 4.52. The number of rotatable bonds is 7. The third-order valence-electron chi connectivity index (χ3n) is 5.21. The minimum Gasteiger partial charge on any atom is -0.497 e. The first-order valence-electron chi connectivity index (χ1n) is 9.87. The van der Waals surface area contributed by atoms with E-state index in [0.717, 1.165) is 18.7 Å². The SMILES string of the molecule is COc1cccc(N2C[C@H](NC(=O)NCCCN3CCCCC3)CC2=O)c1. The van der Waals surface area contributed by atoms with Gasteiger partial charge in [0, 0.05) is 31.3 Å². The lowest BCUT2D eigenvalue weighted by Gasteiger charge is -2.26. The highest BCUT2D eigenvalue weighted by Gasteiger charge is 2.31. The fourth-order valence-electron chi connectivity index (χ4n) is 3.76. The van der Waals surface area contributed by atoms with Gasteiger partial charge in [0.15, 0.2) is 0 Å². The molecule has 27 heavy (non-hydrogen) atoms. The summed E-state index contributed by atoms with van der Waals surface area (Å²) in [6.07, 6.45) is 5.18. The molecule has 0 radical (unpaired) electrons. The van der Waals surface area contributed by atoms with Crippen molar-refractivity contribution < 1.29 is 14.3 Å². The molecule has 2 aliphatic rings. The maximum atomic E-state index is 12.3. The lowest BCUT2D eigenvalue weighted by molar-refractivity contribution is -0.117. The average molecular weight is 374 g/mol. The molecule has 7 nitrogen and oxygen atoms in total. The number of anilines is 1. The predicted molar refractivity (Wildman–Crippen MR) is 105 cm³/mol. The summed E-state index contributed by atoms with van der Waals surface area (Å²) < 4.78 is 5.22. The van der Waals surface area contributed by atoms with Crippen LogP contribution in [0.1, 0.15) is 32.1 Å². The third-order valence-corrected chi connectivity index (χ3v) is 5.21. The molecule has 2 fully saturated rings. The minimum absolute atomic E-state index is 0.0126. The van der Waals surface area contributed by atoms with Crippen molar-refractivity contribution in [1.82, 2.24) is 15.5 Å². The van der Waals surface area contributed by atoms with E-state index in [2.05, 4.69) is 15.5 Å². The first-order chi connectivity index (χ1) is 13.2. The van der Waals surface area contributed by atoms with Crippen molar-refractivity contribution in [2.24, 2.45) is 0 Å². The number of carbonyl (C=O) groups excluding carboxylic acids is 2. The minimum atomic E-state index is -0.195. The Morgan fingerprint density at radius 2 is 2.07 bits per heavy atom. The number of urea groups is 1. The standard InChI is InChI=1S/C20H30N4O3/c1-27-18-8-5-7-17(14-18)24-15-16(13-19(24)25)22-20(26)21-9-6-12-23-10-3-2-4-11-23/h5,7-8,14,16H,2-4,6,9-13,15H2,1H3,(H2,21,22,26)/t16-/m1/s1. The third kappa shape index (κ3) is 5.60. The lowest BCUT2D eigenvalue weighted by Crippen LogP contribution is -2.44. The Morgan fingerprint density at radius 3 is 2.85 bits per heavy atom. The smallest absolute Gasteiger partial charge is 0.315 e. The zero-order chi connectivity index (χ0) is 19.1. The summed E-state index contributed by atoms with van der Waals surface area (Å²) in [5.74, 6) is 0.724. The molecule has 2 N–H and O–H groups in total. The van der Waals surface area contributed by atoms with Crippen LogP contribution in [0.25, 0.3) is 0 Å². The van der Waals surface area contributed by atoms with E-state index in [1.165, 1.54) is 32.4 Å². The fourth-order valence-corrected chi connectivity index (χ4v) is 3.76. The van der Waals surface area contributed by atoms with Crippen molar-refractivity contribution in [1.29, 1.82) is 0 Å². The van der Waals surface area contributed by atoms with E-state index in [9.17, 15) is 9.59 Å². The molecule has 0 spiro atoms. The first kappa shape index (κ1) is 19.5. The second-order valence-electron chi connectivity index (χ2n) is 7.26. The molecule has 2 saturated heterocycles. The first-order valence-corrected chi connectivity index (χ1v) is 9.87. The van der Waals surface area contributed by atoms with Crippen molar-refractivity contribution in [3.8, 4) is 5.75 Å². The van der Waals surface area contributed by atoms with Crippen molar-refractivity contribution in [2.45, 2.75) is 38.1 Å². The van der Waals surface area contributed by atoms with Crippen molar-refractivity contribution in [3.05, 3.63) is 24.3 Å². The van der Waals surface area contributed by atoms with Crippen LogP contribution in [-0.4, -0.2) is 62.7 Å². The Kier molecular flexibility index (Phi) is 6.92. The molecule has 1 atom stereocenters. The van der Waals surface area contributed by atoms with Crippen LogP contribution in [0, 0.1) is 0 Å². The van der Waals surface area contributed by atoms with Gasteiger partial charge in [-0.1, -0.05) is 12.5 Å². The van der Waals surface area contributed by atoms with Crippen LogP contribution >= 0.6 is 0 Å². The summed E-state index contributed by atoms with van der Waals surface area (Å²) in [4.78, 5) is 28.6. The van der Waals surface area contributed by atoms with Crippen LogP contribution in [0.3, 0.4) is 0 Å². The van der Waals surface area contributed by atoms with Crippen LogP contribution in [0.2, 0.25) is 0 Å². The van der Waals surface area contributed by atoms with Gasteiger partial charge in [0.1, 0.15) is 5.75 Å². The van der Waals surface area contributed by atoms with Crippen molar-refractivity contribution in [3.63, 3.8) is 0 Å². The summed E-state index contributed by atoms with van der Waals surface area (Å²) in [5, 5.41) is 5.83. The molecule has 2 aliphatic heterocycles. The van der Waals surface area contributed by atoms with Gasteiger partial charge in [-0.3, -0.25) is 4.79 Å². The Bertz CT molecular complexity index is 646. The second-order valence-corrected chi connectivity index (χ2v) is 7.26. The maximum absolute atomic E-state index is 12.3. The Morgan fingerprint density at radius 1 is 1.26 bits per heavy atom. The largest absolute Gasteiger partial charge is 0.497 e. The van der Waals surface area contributed by atoms with Gasteiger partial charge in [0.05, 0.1) is 13.2 Å². The highest BCUT2D eigenvalue weighted by atomic mass is 16.5. The van der Waals surface area contributed by atoms with Crippen LogP contribution in [0.5, 0.6) is 5.75 Å². The molecule has 7 heteroatoms. The number of hydrogen-bond acceptors (Lipinski definition) is 4. The number of nitrogens with zero attached hydrogens (tertiary/aromatic N) is 2. The van der Waals surface area contributed by atoms with Crippen LogP contribution < -0.4 is 20.3 Å². The van der Waals surface area contributed by atoms with Crippen LogP contribution in [0.4, 0.5) is 10.5 Å². The number of methoxy groups -OCH3 is 1. The number of likely N-dealkylation sites (tertiary alicyclic amines) is 1. The molecule has 1 aromatic rings. The number of piperidine rings is 1. The molecule has 0 unspecified atom stereocenters. The van der Waals surface area contributed by atoms with Crippen molar-refractivity contribution in [2.75, 3.05) is 44.7 Å². The molecule has 0 bridgehead atoms. The van der Waals surface area contributed by atoms with E-state index in [0.29, 0.717) is 25.3 Å². The van der Waals surface area contributed by atoms with Crippen LogP contribution in [-0.2, 0) is 4.79 Å². The number of amides is 3. The number of nitrogens with one attached hydrogen (secondary N) is 2. The zero-order valence-corrected chi connectivity index (χ0v) is 16.1. The van der Waals surface area contributed by atoms with Gasteiger partial charge in [-0.2, -0.15) is 0 Å². The highest BCUT2D eigenvalue weighted by Crippen LogP contribution is 2.25.